The molecule has 8 bridgehead atoms. The Morgan fingerprint density at radius 2 is 0.871 bits per heavy atom. The summed E-state index contributed by atoms with van der Waals surface area (Å²) in [4.78, 5) is 16.0. The molecule has 4 aromatic heterocycles. The van der Waals surface area contributed by atoms with Crippen molar-refractivity contribution in [1.82, 2.24) is 35.3 Å². The van der Waals surface area contributed by atoms with Crippen LogP contribution in [0.25, 0.3) is 46.4 Å². The zero-order chi connectivity index (χ0) is 20.2. The fourth-order valence-electron chi connectivity index (χ4n) is 3.15. The first-order valence-corrected chi connectivity index (χ1v) is 9.43. The molecule has 0 fully saturated rings. The van der Waals surface area contributed by atoms with Crippen molar-refractivity contribution in [1.29, 1.82) is 0 Å². The van der Waals surface area contributed by atoms with E-state index in [9.17, 15) is 0 Å². The Balaban J connectivity index is 0.000000288. The first-order chi connectivity index (χ1) is 14.8. The van der Waals surface area contributed by atoms with Crippen molar-refractivity contribution in [3.05, 3.63) is 89.8 Å². The van der Waals surface area contributed by atoms with Gasteiger partial charge in [-0.15, -0.1) is 10.2 Å². The molecule has 2 N–H and O–H groups in total. The van der Waals surface area contributed by atoms with E-state index in [1.54, 1.807) is 18.5 Å². The van der Waals surface area contributed by atoms with E-state index in [0.29, 0.717) is 0 Å². The summed E-state index contributed by atoms with van der Waals surface area (Å²) >= 11 is 0. The average Bonchev–Trinajstić information content (AvgIpc) is 3.56. The molecule has 2 aliphatic rings. The summed E-state index contributed by atoms with van der Waals surface area (Å²) < 4.78 is 0. The first-order valence-electron chi connectivity index (χ1n) is 9.43. The van der Waals surface area contributed by atoms with E-state index in [0.717, 1.165) is 44.8 Å². The number of aromatic amines is 2. The van der Waals surface area contributed by atoms with Gasteiger partial charge in [0.2, 0.25) is 0 Å². The molecule has 8 heteroatoms. The van der Waals surface area contributed by atoms with Gasteiger partial charge in [0.25, 0.3) is 0 Å². The first kappa shape index (κ1) is 20.4. The third-order valence-electron chi connectivity index (χ3n) is 4.45. The summed E-state index contributed by atoms with van der Waals surface area (Å²) in [6, 6.07) is 18.1. The van der Waals surface area contributed by atoms with Gasteiger partial charge < -0.3 is 9.97 Å². The normalized spacial score (nSPS) is 11.4. The topological polar surface area (TPSA) is 96.0 Å². The minimum absolute atomic E-state index is 0. The van der Waals surface area contributed by atoms with Gasteiger partial charge in [-0.05, 0) is 84.1 Å². The van der Waals surface area contributed by atoms with Crippen molar-refractivity contribution in [2.24, 2.45) is 0 Å². The van der Waals surface area contributed by atoms with Gasteiger partial charge in [-0.1, -0.05) is 0 Å². The molecule has 0 aliphatic carbocycles. The average molecular weight is 450 g/mol. The fraction of sp³-hybridized carbons (Fsp3) is 0. The third-order valence-corrected chi connectivity index (χ3v) is 4.45. The summed E-state index contributed by atoms with van der Waals surface area (Å²) in [7, 11) is 0. The van der Waals surface area contributed by atoms with Crippen LogP contribution in [-0.2, 0) is 16.8 Å². The quantitative estimate of drug-likeness (QED) is 0.355. The largest absolute Gasteiger partial charge is 0.355 e. The Labute approximate surface area is 188 Å². The Kier molecular flexibility index (Phi) is 6.11. The predicted octanol–water partition coefficient (Wildman–Crippen LogP) is 4.52. The smallest absolute Gasteiger partial charge is 0.0658 e. The van der Waals surface area contributed by atoms with Crippen molar-refractivity contribution >= 4 is 46.4 Å². The van der Waals surface area contributed by atoms with Crippen LogP contribution in [0, 0.1) is 0 Å². The molecule has 0 atom stereocenters. The Morgan fingerprint density at radius 3 is 1.13 bits per heavy atom. The van der Waals surface area contributed by atoms with Gasteiger partial charge in [0.15, 0.2) is 0 Å². The Bertz CT molecular complexity index is 1200. The number of H-pyrrole nitrogens is 2. The Hall–Kier alpha value is -3.88. The maximum absolute atomic E-state index is 4.63. The number of fused-ring (bicyclic) bond motifs is 8. The predicted molar refractivity (Wildman–Crippen MR) is 119 cm³/mol. The molecule has 31 heavy (non-hydrogen) atoms. The zero-order valence-electron chi connectivity index (χ0n) is 16.2. The minimum Gasteiger partial charge on any atom is -0.355 e. The van der Waals surface area contributed by atoms with Gasteiger partial charge >= 0.3 is 0 Å². The van der Waals surface area contributed by atoms with Gasteiger partial charge in [-0.3, -0.25) is 0 Å². The number of nitrogens with zero attached hydrogens (tertiary/aromatic N) is 5. The molecule has 6 heterocycles. The second-order valence-corrected chi connectivity index (χ2v) is 6.72. The van der Waals surface area contributed by atoms with Gasteiger partial charge in [0, 0.05) is 38.8 Å². The molecule has 0 aromatic carbocycles. The van der Waals surface area contributed by atoms with Crippen LogP contribution in [0.3, 0.4) is 0 Å². The maximum Gasteiger partial charge on any atom is 0.0658 e. The van der Waals surface area contributed by atoms with Crippen LogP contribution < -0.4 is 0 Å². The van der Waals surface area contributed by atoms with Crippen molar-refractivity contribution < 1.29 is 16.8 Å². The van der Waals surface area contributed by atoms with Gasteiger partial charge in [0.1, 0.15) is 0 Å². The number of aromatic nitrogens is 7. The molecule has 153 valence electrons. The molecule has 0 amide bonds. The summed E-state index contributed by atoms with van der Waals surface area (Å²) in [6.07, 6.45) is 11.2. The standard InChI is InChI=1S/C20H14N4.C3H3N3.Co/c1-2-14-10-16-5-6-18(23-16)12-20-8-7-19(24-20)11-17-4-3-15(22-17)9-13(1)21-14;1-2-4-6-5-3-1;/h1-12,21,24H;1-3H;. The second-order valence-electron chi connectivity index (χ2n) is 6.72. The number of nitrogens with one attached hydrogen (secondary N) is 2. The van der Waals surface area contributed by atoms with Crippen molar-refractivity contribution in [3.63, 3.8) is 0 Å². The van der Waals surface area contributed by atoms with E-state index in [-0.39, 0.29) is 16.8 Å². The maximum atomic E-state index is 4.63. The SMILES string of the molecule is C1=Cc2cc3ccc(cc4nc(cc5ccc(cc1n2)[nH]5)C=C4)[nH]3.[Co].c1cnnnc1. The summed E-state index contributed by atoms with van der Waals surface area (Å²) in [5.41, 5.74) is 7.86. The van der Waals surface area contributed by atoms with Gasteiger partial charge in [0.05, 0.1) is 35.2 Å². The van der Waals surface area contributed by atoms with Crippen LogP contribution in [0.4, 0.5) is 0 Å². The van der Waals surface area contributed by atoms with Crippen LogP contribution in [0.5, 0.6) is 0 Å². The summed E-state index contributed by atoms with van der Waals surface area (Å²) in [5.74, 6) is 0. The molecule has 2 aliphatic heterocycles. The summed E-state index contributed by atoms with van der Waals surface area (Å²) in [5, 5.41) is 10.1. The van der Waals surface area contributed by atoms with Crippen molar-refractivity contribution in [2.45, 2.75) is 0 Å². The van der Waals surface area contributed by atoms with E-state index in [1.807, 2.05) is 48.6 Å². The molecular formula is C23H17CoN7. The molecule has 6 rings (SSSR count). The monoisotopic (exact) mass is 450 g/mol. The van der Waals surface area contributed by atoms with Crippen LogP contribution >= 0.6 is 0 Å². The number of hydrogen-bond acceptors (Lipinski definition) is 5. The van der Waals surface area contributed by atoms with Crippen molar-refractivity contribution in [3.8, 4) is 0 Å². The van der Waals surface area contributed by atoms with Gasteiger partial charge in [-0.25, -0.2) is 9.97 Å². The van der Waals surface area contributed by atoms with E-state index in [2.05, 4.69) is 59.6 Å². The van der Waals surface area contributed by atoms with Crippen LogP contribution in [0.1, 0.15) is 22.8 Å². The second kappa shape index (κ2) is 9.29. The van der Waals surface area contributed by atoms with E-state index in [4.69, 9.17) is 0 Å². The van der Waals surface area contributed by atoms with Crippen LogP contribution in [0.15, 0.2) is 67.0 Å². The van der Waals surface area contributed by atoms with E-state index < -0.39 is 0 Å². The number of rotatable bonds is 0. The molecule has 0 spiro atoms. The molecule has 1 radical (unpaired) electrons. The van der Waals surface area contributed by atoms with Gasteiger partial charge in [-0.2, -0.15) is 0 Å². The third kappa shape index (κ3) is 5.19. The number of hydrogen-bond donors (Lipinski definition) is 2. The molecule has 0 saturated carbocycles. The van der Waals surface area contributed by atoms with E-state index >= 15 is 0 Å². The van der Waals surface area contributed by atoms with Crippen LogP contribution in [-0.4, -0.2) is 35.3 Å². The summed E-state index contributed by atoms with van der Waals surface area (Å²) in [6.45, 7) is 0. The van der Waals surface area contributed by atoms with Crippen LogP contribution in [0.2, 0.25) is 0 Å². The van der Waals surface area contributed by atoms with E-state index in [1.165, 1.54) is 0 Å². The molecule has 0 saturated heterocycles. The molecule has 0 unspecified atom stereocenters. The molecule has 4 aromatic rings. The molecular weight excluding hydrogens is 433 g/mol. The molecule has 7 nitrogen and oxygen atoms in total. The Morgan fingerprint density at radius 1 is 0.516 bits per heavy atom. The zero-order valence-corrected chi connectivity index (χ0v) is 17.3. The fourth-order valence-corrected chi connectivity index (χ4v) is 3.15. The van der Waals surface area contributed by atoms with Crippen molar-refractivity contribution in [2.75, 3.05) is 0 Å². The minimum atomic E-state index is 0.